The van der Waals surface area contributed by atoms with Crippen molar-refractivity contribution in [3.8, 4) is 0 Å². The number of esters is 1. The van der Waals surface area contributed by atoms with Gasteiger partial charge in [0.1, 0.15) is 5.54 Å². The van der Waals surface area contributed by atoms with Crippen molar-refractivity contribution in [3.05, 3.63) is 0 Å². The molecular weight excluding hydrogens is 222 g/mol. The molecule has 1 aliphatic rings. The first-order chi connectivity index (χ1) is 8.10. The van der Waals surface area contributed by atoms with Gasteiger partial charge in [-0.25, -0.2) is 0 Å². The first-order valence-electron chi connectivity index (χ1n) is 6.25. The highest BCUT2D eigenvalue weighted by Crippen LogP contribution is 2.28. The monoisotopic (exact) mass is 243 g/mol. The maximum Gasteiger partial charge on any atom is 0.323 e. The highest BCUT2D eigenvalue weighted by atomic mass is 16.5. The van der Waals surface area contributed by atoms with Crippen LogP contribution in [0.4, 0.5) is 0 Å². The van der Waals surface area contributed by atoms with Crippen LogP contribution in [0, 0.1) is 0 Å². The highest BCUT2D eigenvalue weighted by Gasteiger charge is 2.38. The summed E-state index contributed by atoms with van der Waals surface area (Å²) in [5, 5.41) is 12.3. The second-order valence-corrected chi connectivity index (χ2v) is 4.43. The third-order valence-electron chi connectivity index (χ3n) is 3.21. The Kier molecular flexibility index (Phi) is 5.41. The molecular formula is C12H21NO4. The van der Waals surface area contributed by atoms with E-state index in [1.165, 1.54) is 0 Å². The van der Waals surface area contributed by atoms with E-state index in [4.69, 9.17) is 4.74 Å². The predicted molar refractivity (Wildman–Crippen MR) is 62.7 cm³/mol. The molecule has 1 saturated carbocycles. The minimum Gasteiger partial charge on any atom is -0.480 e. The number of carbonyl (C=O) groups is 2. The molecule has 98 valence electrons. The van der Waals surface area contributed by atoms with Crippen LogP contribution < -0.4 is 5.32 Å². The van der Waals surface area contributed by atoms with Gasteiger partial charge in [-0.3, -0.25) is 9.59 Å². The van der Waals surface area contributed by atoms with Gasteiger partial charge in [-0.15, -0.1) is 0 Å². The van der Waals surface area contributed by atoms with Crippen molar-refractivity contribution < 1.29 is 19.4 Å². The zero-order valence-electron chi connectivity index (χ0n) is 10.3. The van der Waals surface area contributed by atoms with Gasteiger partial charge in [-0.05, 0) is 19.8 Å². The Hall–Kier alpha value is -1.10. The van der Waals surface area contributed by atoms with E-state index < -0.39 is 11.5 Å². The molecule has 0 amide bonds. The lowest BCUT2D eigenvalue weighted by molar-refractivity contribution is -0.148. The number of carboxylic acids is 1. The lowest BCUT2D eigenvalue weighted by Crippen LogP contribution is -2.53. The molecule has 0 spiro atoms. The Labute approximate surface area is 102 Å². The Morgan fingerprint density at radius 3 is 2.47 bits per heavy atom. The summed E-state index contributed by atoms with van der Waals surface area (Å²) in [5.74, 6) is -1.09. The van der Waals surface area contributed by atoms with E-state index in [1.807, 2.05) is 0 Å². The number of ether oxygens (including phenoxy) is 1. The van der Waals surface area contributed by atoms with Crippen molar-refractivity contribution >= 4 is 11.9 Å². The quantitative estimate of drug-likeness (QED) is 0.688. The van der Waals surface area contributed by atoms with Crippen molar-refractivity contribution in [3.63, 3.8) is 0 Å². The maximum atomic E-state index is 11.3. The number of nitrogens with one attached hydrogen (secondary N) is 1. The van der Waals surface area contributed by atoms with E-state index in [0.29, 0.717) is 26.0 Å². The fourth-order valence-electron chi connectivity index (χ4n) is 2.26. The molecule has 0 aromatic rings. The molecule has 0 aromatic heterocycles. The van der Waals surface area contributed by atoms with E-state index in [-0.39, 0.29) is 12.4 Å². The molecule has 0 aliphatic heterocycles. The van der Waals surface area contributed by atoms with E-state index in [1.54, 1.807) is 6.92 Å². The third-order valence-corrected chi connectivity index (χ3v) is 3.21. The maximum absolute atomic E-state index is 11.3. The van der Waals surface area contributed by atoms with Crippen LogP contribution in [-0.4, -0.2) is 35.7 Å². The molecule has 0 atom stereocenters. The second-order valence-electron chi connectivity index (χ2n) is 4.43. The topological polar surface area (TPSA) is 75.6 Å². The molecule has 0 unspecified atom stereocenters. The first-order valence-corrected chi connectivity index (χ1v) is 6.25. The molecule has 0 radical (unpaired) electrons. The molecule has 1 rings (SSSR count). The molecule has 2 N–H and O–H groups in total. The fraction of sp³-hybridized carbons (Fsp3) is 0.833. The van der Waals surface area contributed by atoms with Crippen molar-refractivity contribution in [2.24, 2.45) is 0 Å². The van der Waals surface area contributed by atoms with E-state index >= 15 is 0 Å². The molecule has 1 fully saturated rings. The smallest absolute Gasteiger partial charge is 0.323 e. The van der Waals surface area contributed by atoms with Crippen LogP contribution in [0.15, 0.2) is 0 Å². The van der Waals surface area contributed by atoms with Gasteiger partial charge >= 0.3 is 11.9 Å². The van der Waals surface area contributed by atoms with E-state index in [9.17, 15) is 14.7 Å². The average Bonchev–Trinajstić information content (AvgIpc) is 2.30. The minimum absolute atomic E-state index is 0.225. The average molecular weight is 243 g/mol. The normalized spacial score (nSPS) is 18.6. The van der Waals surface area contributed by atoms with Crippen LogP contribution in [0.25, 0.3) is 0 Å². The Balaban J connectivity index is 2.40. The van der Waals surface area contributed by atoms with Gasteiger partial charge < -0.3 is 15.2 Å². The zero-order chi connectivity index (χ0) is 12.7. The minimum atomic E-state index is -0.829. The summed E-state index contributed by atoms with van der Waals surface area (Å²) < 4.78 is 4.80. The Morgan fingerprint density at radius 2 is 1.94 bits per heavy atom. The van der Waals surface area contributed by atoms with Crippen molar-refractivity contribution in [1.82, 2.24) is 5.32 Å². The lowest BCUT2D eigenvalue weighted by atomic mass is 9.81. The molecule has 1 aliphatic carbocycles. The number of rotatable bonds is 6. The molecule has 17 heavy (non-hydrogen) atoms. The Morgan fingerprint density at radius 1 is 1.29 bits per heavy atom. The second kappa shape index (κ2) is 6.59. The number of hydrogen-bond acceptors (Lipinski definition) is 4. The van der Waals surface area contributed by atoms with Crippen LogP contribution >= 0.6 is 0 Å². The molecule has 5 heteroatoms. The standard InChI is InChI=1S/C12H21NO4/c1-2-17-10(14)6-9-13-12(11(15)16)7-4-3-5-8-12/h13H,2-9H2,1H3,(H,15,16). The summed E-state index contributed by atoms with van der Waals surface area (Å²) in [4.78, 5) is 22.4. The van der Waals surface area contributed by atoms with Crippen molar-refractivity contribution in [2.45, 2.75) is 51.0 Å². The number of carboxylic acid groups (broad SMARTS) is 1. The van der Waals surface area contributed by atoms with Gasteiger partial charge in [0.15, 0.2) is 0 Å². The van der Waals surface area contributed by atoms with Gasteiger partial charge in [0.05, 0.1) is 13.0 Å². The van der Waals surface area contributed by atoms with Crippen LogP contribution in [0.1, 0.15) is 45.4 Å². The number of aliphatic carboxylic acids is 1. The van der Waals surface area contributed by atoms with Gasteiger partial charge in [0, 0.05) is 6.54 Å². The molecule has 0 aromatic carbocycles. The molecule has 5 nitrogen and oxygen atoms in total. The van der Waals surface area contributed by atoms with E-state index in [0.717, 1.165) is 19.3 Å². The summed E-state index contributed by atoms with van der Waals surface area (Å²) in [5.41, 5.74) is -0.829. The predicted octanol–water partition coefficient (Wildman–Crippen LogP) is 1.32. The van der Waals surface area contributed by atoms with Crippen LogP contribution in [-0.2, 0) is 14.3 Å². The SMILES string of the molecule is CCOC(=O)CCNC1(C(=O)O)CCCCC1. The molecule has 0 saturated heterocycles. The number of carbonyl (C=O) groups excluding carboxylic acids is 1. The summed E-state index contributed by atoms with van der Waals surface area (Å²) in [6.07, 6.45) is 4.46. The van der Waals surface area contributed by atoms with Crippen LogP contribution in [0.3, 0.4) is 0 Å². The fourth-order valence-corrected chi connectivity index (χ4v) is 2.26. The number of hydrogen-bond donors (Lipinski definition) is 2. The lowest BCUT2D eigenvalue weighted by Gasteiger charge is -2.34. The summed E-state index contributed by atoms with van der Waals surface area (Å²) in [7, 11) is 0. The van der Waals surface area contributed by atoms with Gasteiger partial charge in [0.25, 0.3) is 0 Å². The van der Waals surface area contributed by atoms with Crippen LogP contribution in [0.2, 0.25) is 0 Å². The van der Waals surface area contributed by atoms with Gasteiger partial charge in [0.2, 0.25) is 0 Å². The summed E-state index contributed by atoms with van der Waals surface area (Å²) in [6, 6.07) is 0. The van der Waals surface area contributed by atoms with Crippen LogP contribution in [0.5, 0.6) is 0 Å². The Bertz CT molecular complexity index is 272. The van der Waals surface area contributed by atoms with E-state index in [2.05, 4.69) is 5.32 Å². The largest absolute Gasteiger partial charge is 0.480 e. The van der Waals surface area contributed by atoms with Gasteiger partial charge in [-0.2, -0.15) is 0 Å². The molecule has 0 heterocycles. The first kappa shape index (κ1) is 14.0. The highest BCUT2D eigenvalue weighted by molar-refractivity contribution is 5.79. The summed E-state index contributed by atoms with van der Waals surface area (Å²) in [6.45, 7) is 2.49. The third kappa shape index (κ3) is 4.00. The van der Waals surface area contributed by atoms with Crippen molar-refractivity contribution in [2.75, 3.05) is 13.2 Å². The molecule has 0 bridgehead atoms. The summed E-state index contributed by atoms with van der Waals surface area (Å²) >= 11 is 0. The zero-order valence-corrected chi connectivity index (χ0v) is 10.3. The van der Waals surface area contributed by atoms with Crippen molar-refractivity contribution in [1.29, 1.82) is 0 Å². The van der Waals surface area contributed by atoms with Gasteiger partial charge in [-0.1, -0.05) is 19.3 Å².